The predicted octanol–water partition coefficient (Wildman–Crippen LogP) is 5.31. The summed E-state index contributed by atoms with van der Waals surface area (Å²) in [6.07, 6.45) is 4.56. The summed E-state index contributed by atoms with van der Waals surface area (Å²) < 4.78 is 23.3. The van der Waals surface area contributed by atoms with E-state index in [0.717, 1.165) is 34.9 Å². The first kappa shape index (κ1) is 27.8. The minimum Gasteiger partial charge on any atom is -0.444 e. The minimum absolute atomic E-state index is 0.0239. The Morgan fingerprint density at radius 1 is 1.20 bits per heavy atom. The van der Waals surface area contributed by atoms with Crippen LogP contribution in [0, 0.1) is 12.4 Å². The molecule has 10 nitrogen and oxygen atoms in total. The SMILES string of the molecule is [C-]#[N+]c1ccc(-c2nn(CC(=O)N3CCC[C@@H](NC(=O)OC(C)(C)C)C3)cc2-c2ccc3c(cnn3C)c2)cc1F. The average Bonchev–Trinajstić information content (AvgIpc) is 3.50. The fraction of sp³-hybridized carbons (Fsp3) is 0.367. The number of nitrogens with one attached hydrogen (secondary N) is 1. The third-order valence-electron chi connectivity index (χ3n) is 6.95. The van der Waals surface area contributed by atoms with Gasteiger partial charge in [-0.1, -0.05) is 18.2 Å². The van der Waals surface area contributed by atoms with E-state index in [4.69, 9.17) is 16.4 Å². The van der Waals surface area contributed by atoms with Crippen molar-refractivity contribution in [2.45, 2.75) is 51.8 Å². The average molecular weight is 558 g/mol. The quantitative estimate of drug-likeness (QED) is 0.336. The zero-order valence-electron chi connectivity index (χ0n) is 23.5. The lowest BCUT2D eigenvalue weighted by Crippen LogP contribution is -2.51. The molecule has 0 bridgehead atoms. The summed E-state index contributed by atoms with van der Waals surface area (Å²) >= 11 is 0. The van der Waals surface area contributed by atoms with Gasteiger partial charge in [-0.05, 0) is 57.4 Å². The van der Waals surface area contributed by atoms with Crippen molar-refractivity contribution in [2.24, 2.45) is 7.05 Å². The van der Waals surface area contributed by atoms with Crippen molar-refractivity contribution in [2.75, 3.05) is 13.1 Å². The molecule has 1 aliphatic rings. The Balaban J connectivity index is 1.40. The normalized spacial score (nSPS) is 15.5. The third kappa shape index (κ3) is 6.22. The van der Waals surface area contributed by atoms with Gasteiger partial charge in [-0.2, -0.15) is 10.2 Å². The van der Waals surface area contributed by atoms with Crippen LogP contribution in [-0.4, -0.2) is 61.2 Å². The van der Waals surface area contributed by atoms with Gasteiger partial charge in [-0.3, -0.25) is 14.2 Å². The summed E-state index contributed by atoms with van der Waals surface area (Å²) in [4.78, 5) is 30.5. The lowest BCUT2D eigenvalue weighted by Gasteiger charge is -2.33. The largest absolute Gasteiger partial charge is 0.444 e. The second-order valence-electron chi connectivity index (χ2n) is 11.2. The van der Waals surface area contributed by atoms with Crippen molar-refractivity contribution in [1.82, 2.24) is 29.8 Å². The number of likely N-dealkylation sites (tertiary alicyclic amines) is 1. The Morgan fingerprint density at radius 2 is 1.98 bits per heavy atom. The van der Waals surface area contributed by atoms with E-state index in [1.54, 1.807) is 53.5 Å². The van der Waals surface area contributed by atoms with Crippen LogP contribution in [-0.2, 0) is 23.1 Å². The van der Waals surface area contributed by atoms with Gasteiger partial charge in [0, 0.05) is 48.9 Å². The van der Waals surface area contributed by atoms with Crippen LogP contribution in [0.15, 0.2) is 48.8 Å². The molecule has 2 aromatic carbocycles. The monoisotopic (exact) mass is 557 g/mol. The molecule has 1 saturated heterocycles. The summed E-state index contributed by atoms with van der Waals surface area (Å²) in [6, 6.07) is 10.1. The zero-order valence-corrected chi connectivity index (χ0v) is 23.5. The van der Waals surface area contributed by atoms with Crippen molar-refractivity contribution >= 4 is 28.6 Å². The van der Waals surface area contributed by atoms with Crippen LogP contribution in [0.3, 0.4) is 0 Å². The Bertz CT molecular complexity index is 1660. The second-order valence-corrected chi connectivity index (χ2v) is 11.2. The molecule has 212 valence electrons. The number of halogens is 1. The lowest BCUT2D eigenvalue weighted by atomic mass is 10.0. The Morgan fingerprint density at radius 3 is 2.71 bits per heavy atom. The van der Waals surface area contributed by atoms with E-state index in [1.807, 2.05) is 25.2 Å². The molecule has 0 aliphatic carbocycles. The summed E-state index contributed by atoms with van der Waals surface area (Å²) in [6.45, 7) is 13.5. The van der Waals surface area contributed by atoms with Crippen molar-refractivity contribution in [3.8, 4) is 22.4 Å². The molecule has 0 saturated carbocycles. The third-order valence-corrected chi connectivity index (χ3v) is 6.95. The molecule has 2 aromatic heterocycles. The van der Waals surface area contributed by atoms with Crippen LogP contribution < -0.4 is 5.32 Å². The highest BCUT2D eigenvalue weighted by Gasteiger charge is 2.27. The van der Waals surface area contributed by atoms with Crippen LogP contribution in [0.5, 0.6) is 0 Å². The fourth-order valence-electron chi connectivity index (χ4n) is 5.04. The molecule has 4 aromatic rings. The van der Waals surface area contributed by atoms with Crippen molar-refractivity contribution in [3.63, 3.8) is 0 Å². The number of ether oxygens (including phenoxy) is 1. The first-order chi connectivity index (χ1) is 19.5. The molecule has 2 amide bonds. The summed E-state index contributed by atoms with van der Waals surface area (Å²) in [5.41, 5.74) is 2.85. The maximum absolute atomic E-state index is 14.6. The number of nitrogens with zero attached hydrogens (tertiary/aromatic N) is 6. The smallest absolute Gasteiger partial charge is 0.407 e. The first-order valence-electron chi connectivity index (χ1n) is 13.4. The van der Waals surface area contributed by atoms with Crippen molar-refractivity contribution in [1.29, 1.82) is 0 Å². The molecule has 3 heterocycles. The number of fused-ring (bicyclic) bond motifs is 1. The number of aromatic nitrogens is 4. The standard InChI is InChI=1S/C30H32FN7O3/c1-30(2,3)41-29(40)34-22-7-6-12-37(16-22)27(39)18-38-17-23(19-9-11-26-21(13-19)15-33-36(26)5)28(35-38)20-8-10-25(32-4)24(31)14-20/h8-11,13-15,17,22H,6-7,12,16,18H2,1-3,5H3,(H,34,40)/t22-/m1/s1. The van der Waals surface area contributed by atoms with Gasteiger partial charge in [0.05, 0.1) is 18.3 Å². The zero-order chi connectivity index (χ0) is 29.3. The van der Waals surface area contributed by atoms with Crippen LogP contribution >= 0.6 is 0 Å². The summed E-state index contributed by atoms with van der Waals surface area (Å²) in [7, 11) is 1.87. The second kappa shape index (κ2) is 11.0. The van der Waals surface area contributed by atoms with E-state index in [0.29, 0.717) is 24.3 Å². The highest BCUT2D eigenvalue weighted by Crippen LogP contribution is 2.34. The van der Waals surface area contributed by atoms with Crippen molar-refractivity contribution in [3.05, 3.63) is 66.0 Å². The van der Waals surface area contributed by atoms with Crippen molar-refractivity contribution < 1.29 is 18.7 Å². The van der Waals surface area contributed by atoms with E-state index in [9.17, 15) is 14.0 Å². The molecule has 0 unspecified atom stereocenters. The molecule has 5 rings (SSSR count). The van der Waals surface area contributed by atoms with Crippen LogP contribution in [0.1, 0.15) is 33.6 Å². The molecule has 1 fully saturated rings. The number of hydrogen-bond acceptors (Lipinski definition) is 5. The first-order valence-corrected chi connectivity index (χ1v) is 13.4. The van der Waals surface area contributed by atoms with Gasteiger partial charge in [-0.15, -0.1) is 0 Å². The minimum atomic E-state index is -0.631. The van der Waals surface area contributed by atoms with E-state index < -0.39 is 17.5 Å². The highest BCUT2D eigenvalue weighted by molar-refractivity contribution is 5.89. The van der Waals surface area contributed by atoms with Gasteiger partial charge in [0.2, 0.25) is 11.6 Å². The number of carbonyl (C=O) groups excluding carboxylic acids is 2. The van der Waals surface area contributed by atoms with Gasteiger partial charge in [0.15, 0.2) is 0 Å². The number of hydrogen-bond donors (Lipinski definition) is 1. The topological polar surface area (TPSA) is 98.6 Å². The van der Waals surface area contributed by atoms with Gasteiger partial charge in [0.25, 0.3) is 0 Å². The number of rotatable bonds is 5. The van der Waals surface area contributed by atoms with E-state index in [-0.39, 0.29) is 24.2 Å². The number of alkyl carbamates (subject to hydrolysis) is 1. The van der Waals surface area contributed by atoms with E-state index in [2.05, 4.69) is 15.3 Å². The number of piperidine rings is 1. The Hall–Kier alpha value is -4.72. The molecular weight excluding hydrogens is 525 g/mol. The maximum atomic E-state index is 14.6. The molecule has 1 atom stereocenters. The number of aryl methyl sites for hydroxylation is 1. The number of benzene rings is 2. The van der Waals surface area contributed by atoms with E-state index >= 15 is 0 Å². The van der Waals surface area contributed by atoms with Crippen LogP contribution in [0.2, 0.25) is 0 Å². The van der Waals surface area contributed by atoms with Crippen LogP contribution in [0.4, 0.5) is 14.9 Å². The summed E-state index contributed by atoms with van der Waals surface area (Å²) in [5, 5.41) is 12.8. The van der Waals surface area contributed by atoms with Crippen LogP contribution in [0.25, 0.3) is 38.1 Å². The van der Waals surface area contributed by atoms with Gasteiger partial charge in [-0.25, -0.2) is 14.0 Å². The fourth-order valence-corrected chi connectivity index (χ4v) is 5.04. The molecule has 1 aliphatic heterocycles. The van der Waals surface area contributed by atoms with Gasteiger partial charge in [0.1, 0.15) is 23.7 Å². The summed E-state index contributed by atoms with van der Waals surface area (Å²) in [5.74, 6) is -0.771. The molecule has 1 N–H and O–H groups in total. The number of carbonyl (C=O) groups is 2. The van der Waals surface area contributed by atoms with Gasteiger partial charge >= 0.3 is 6.09 Å². The highest BCUT2D eigenvalue weighted by atomic mass is 19.1. The molecule has 0 radical (unpaired) electrons. The molecule has 0 spiro atoms. The van der Waals surface area contributed by atoms with E-state index in [1.165, 1.54) is 12.1 Å². The number of amides is 2. The Kier molecular flexibility index (Phi) is 7.49. The molecule has 41 heavy (non-hydrogen) atoms. The lowest BCUT2D eigenvalue weighted by molar-refractivity contribution is -0.133. The maximum Gasteiger partial charge on any atom is 0.407 e. The molecular formula is C30H32FN7O3. The molecule has 11 heteroatoms. The van der Waals surface area contributed by atoms with Gasteiger partial charge < -0.3 is 15.0 Å². The Labute approximate surface area is 237 Å². The predicted molar refractivity (Wildman–Crippen MR) is 153 cm³/mol.